The number of hydrogen-bond acceptors (Lipinski definition) is 3. The Morgan fingerprint density at radius 1 is 1.41 bits per heavy atom. The summed E-state index contributed by atoms with van der Waals surface area (Å²) < 4.78 is 1.11. The van der Waals surface area contributed by atoms with Gasteiger partial charge in [0.2, 0.25) is 0 Å². The average Bonchev–Trinajstić information content (AvgIpc) is 2.73. The van der Waals surface area contributed by atoms with Gasteiger partial charge in [0, 0.05) is 17.7 Å². The molecule has 4 heteroatoms. The Balaban J connectivity index is 1.70. The van der Waals surface area contributed by atoms with Gasteiger partial charge in [-0.25, -0.2) is 0 Å². The van der Waals surface area contributed by atoms with Crippen LogP contribution in [0.4, 0.5) is 0 Å². The zero-order chi connectivity index (χ0) is 12.1. The zero-order valence-electron chi connectivity index (χ0n) is 9.88. The van der Waals surface area contributed by atoms with Crippen molar-refractivity contribution in [3.8, 4) is 0 Å². The van der Waals surface area contributed by atoms with Crippen LogP contribution < -0.4 is 5.32 Å². The number of thiophene rings is 1. The van der Waals surface area contributed by atoms with Crippen molar-refractivity contribution in [1.82, 2.24) is 5.32 Å². The second kappa shape index (κ2) is 6.66. The number of piperidine rings is 1. The van der Waals surface area contributed by atoms with E-state index < -0.39 is 0 Å². The smallest absolute Gasteiger partial charge is 0.138 e. The number of Topliss-reactive ketones (excluding diaryl/α,β-unsaturated/α-hetero) is 1. The molecule has 2 heterocycles. The van der Waals surface area contributed by atoms with Crippen LogP contribution in [0.15, 0.2) is 15.9 Å². The Labute approximate surface area is 115 Å². The lowest BCUT2D eigenvalue weighted by atomic mass is 9.92. The number of hydrogen-bond donors (Lipinski definition) is 1. The number of nitrogens with one attached hydrogen (secondary N) is 1. The third-order valence-corrected chi connectivity index (χ3v) is 4.91. The van der Waals surface area contributed by atoms with Crippen LogP contribution in [0.5, 0.6) is 0 Å². The molecule has 1 fully saturated rings. The molecular formula is C13H18BrNOS. The predicted octanol–water partition coefficient (Wildman–Crippen LogP) is 3.40. The fourth-order valence-electron chi connectivity index (χ4n) is 2.26. The lowest BCUT2D eigenvalue weighted by Crippen LogP contribution is -2.28. The Kier molecular flexibility index (Phi) is 5.19. The van der Waals surface area contributed by atoms with Crippen LogP contribution in [-0.2, 0) is 11.2 Å². The highest BCUT2D eigenvalue weighted by molar-refractivity contribution is 9.11. The van der Waals surface area contributed by atoms with Gasteiger partial charge in [-0.15, -0.1) is 11.3 Å². The molecular weight excluding hydrogens is 298 g/mol. The normalized spacial score (nSPS) is 17.2. The molecule has 1 N–H and O–H groups in total. The van der Waals surface area contributed by atoms with E-state index in [-0.39, 0.29) is 0 Å². The van der Waals surface area contributed by atoms with E-state index in [1.54, 1.807) is 11.3 Å². The summed E-state index contributed by atoms with van der Waals surface area (Å²) in [6.07, 6.45) is 4.91. The summed E-state index contributed by atoms with van der Waals surface area (Å²) in [5.41, 5.74) is 0. The van der Waals surface area contributed by atoms with Crippen molar-refractivity contribution in [2.45, 2.75) is 32.1 Å². The lowest BCUT2D eigenvalue weighted by molar-refractivity contribution is -0.118. The number of halogens is 1. The molecule has 1 aliphatic heterocycles. The number of carbonyl (C=O) groups excluding carboxylic acids is 1. The molecule has 0 aromatic carbocycles. The molecule has 17 heavy (non-hydrogen) atoms. The second-order valence-corrected chi connectivity index (χ2v) is 7.20. The third-order valence-electron chi connectivity index (χ3n) is 3.29. The minimum Gasteiger partial charge on any atom is -0.317 e. The first-order valence-corrected chi connectivity index (χ1v) is 7.81. The van der Waals surface area contributed by atoms with Crippen LogP contribution in [0.25, 0.3) is 0 Å². The van der Waals surface area contributed by atoms with Crippen LogP contribution in [0, 0.1) is 5.92 Å². The van der Waals surface area contributed by atoms with Gasteiger partial charge in [0.15, 0.2) is 0 Å². The summed E-state index contributed by atoms with van der Waals surface area (Å²) in [6, 6.07) is 4.05. The number of ketones is 1. The maximum absolute atomic E-state index is 11.8. The Hall–Kier alpha value is -0.190. The van der Waals surface area contributed by atoms with Crippen LogP contribution in [0.3, 0.4) is 0 Å². The molecule has 1 aliphatic rings. The summed E-state index contributed by atoms with van der Waals surface area (Å²) in [7, 11) is 0. The molecule has 2 nitrogen and oxygen atoms in total. The van der Waals surface area contributed by atoms with Gasteiger partial charge in [0.25, 0.3) is 0 Å². The van der Waals surface area contributed by atoms with Crippen LogP contribution in [0.2, 0.25) is 0 Å². The minimum absolute atomic E-state index is 0.387. The predicted molar refractivity (Wildman–Crippen MR) is 75.6 cm³/mol. The van der Waals surface area contributed by atoms with Gasteiger partial charge < -0.3 is 5.32 Å². The van der Waals surface area contributed by atoms with Crippen molar-refractivity contribution in [3.63, 3.8) is 0 Å². The summed E-state index contributed by atoms with van der Waals surface area (Å²) in [6.45, 7) is 2.24. The molecule has 0 unspecified atom stereocenters. The lowest BCUT2D eigenvalue weighted by Gasteiger charge is -2.21. The number of carbonyl (C=O) groups is 1. The van der Waals surface area contributed by atoms with E-state index in [9.17, 15) is 4.79 Å². The SMILES string of the molecule is O=C(CCC1CCNCC1)Cc1ccc(Br)s1. The fraction of sp³-hybridized carbons (Fsp3) is 0.615. The summed E-state index contributed by atoms with van der Waals surface area (Å²) in [4.78, 5) is 13.0. The summed E-state index contributed by atoms with van der Waals surface area (Å²) in [5.74, 6) is 1.15. The Morgan fingerprint density at radius 2 is 2.18 bits per heavy atom. The molecule has 2 rings (SSSR count). The molecule has 0 saturated carbocycles. The van der Waals surface area contributed by atoms with Crippen molar-refractivity contribution >= 4 is 33.0 Å². The average molecular weight is 316 g/mol. The van der Waals surface area contributed by atoms with Gasteiger partial charge in [-0.3, -0.25) is 4.79 Å². The van der Waals surface area contributed by atoms with E-state index in [4.69, 9.17) is 0 Å². The molecule has 1 aromatic rings. The maximum atomic E-state index is 11.8. The summed E-state index contributed by atoms with van der Waals surface area (Å²) in [5, 5.41) is 3.36. The van der Waals surface area contributed by atoms with Gasteiger partial charge in [-0.1, -0.05) is 0 Å². The second-order valence-electron chi connectivity index (χ2n) is 4.65. The van der Waals surface area contributed by atoms with Crippen molar-refractivity contribution in [1.29, 1.82) is 0 Å². The molecule has 0 radical (unpaired) electrons. The fourth-order valence-corrected chi connectivity index (χ4v) is 3.78. The van der Waals surface area contributed by atoms with Gasteiger partial charge in [-0.2, -0.15) is 0 Å². The molecule has 1 saturated heterocycles. The number of rotatable bonds is 5. The van der Waals surface area contributed by atoms with E-state index in [0.717, 1.165) is 35.6 Å². The highest BCUT2D eigenvalue weighted by Gasteiger charge is 2.14. The van der Waals surface area contributed by atoms with E-state index >= 15 is 0 Å². The van der Waals surface area contributed by atoms with Crippen LogP contribution in [0.1, 0.15) is 30.6 Å². The quantitative estimate of drug-likeness (QED) is 0.902. The first kappa shape index (κ1) is 13.2. The standard InChI is InChI=1S/C13H18BrNOS/c14-13-4-3-12(17-13)9-11(16)2-1-10-5-7-15-8-6-10/h3-4,10,15H,1-2,5-9H2. The van der Waals surface area contributed by atoms with E-state index in [1.807, 2.05) is 12.1 Å². The van der Waals surface area contributed by atoms with Crippen molar-refractivity contribution in [3.05, 3.63) is 20.8 Å². The zero-order valence-corrected chi connectivity index (χ0v) is 12.3. The van der Waals surface area contributed by atoms with E-state index in [2.05, 4.69) is 21.2 Å². The largest absolute Gasteiger partial charge is 0.317 e. The third kappa shape index (κ3) is 4.53. The monoisotopic (exact) mass is 315 g/mol. The molecule has 0 amide bonds. The topological polar surface area (TPSA) is 29.1 Å². The molecule has 0 bridgehead atoms. The Morgan fingerprint density at radius 3 is 2.82 bits per heavy atom. The molecule has 0 spiro atoms. The highest BCUT2D eigenvalue weighted by Crippen LogP contribution is 2.24. The van der Waals surface area contributed by atoms with Crippen molar-refractivity contribution in [2.24, 2.45) is 5.92 Å². The van der Waals surface area contributed by atoms with Gasteiger partial charge in [0.05, 0.1) is 3.79 Å². The molecule has 94 valence electrons. The maximum Gasteiger partial charge on any atom is 0.138 e. The molecule has 0 aliphatic carbocycles. The Bertz CT molecular complexity index is 371. The van der Waals surface area contributed by atoms with Gasteiger partial charge in [-0.05, 0) is 66.3 Å². The van der Waals surface area contributed by atoms with Gasteiger partial charge in [0.1, 0.15) is 5.78 Å². The molecule has 1 aromatic heterocycles. The van der Waals surface area contributed by atoms with Crippen LogP contribution >= 0.6 is 27.3 Å². The van der Waals surface area contributed by atoms with Crippen LogP contribution in [-0.4, -0.2) is 18.9 Å². The van der Waals surface area contributed by atoms with E-state index in [1.165, 1.54) is 17.7 Å². The van der Waals surface area contributed by atoms with Gasteiger partial charge >= 0.3 is 0 Å². The van der Waals surface area contributed by atoms with E-state index in [0.29, 0.717) is 12.2 Å². The van der Waals surface area contributed by atoms with Crippen molar-refractivity contribution < 1.29 is 4.79 Å². The first-order valence-electron chi connectivity index (χ1n) is 6.20. The van der Waals surface area contributed by atoms with Crippen molar-refractivity contribution in [2.75, 3.05) is 13.1 Å². The summed E-state index contributed by atoms with van der Waals surface area (Å²) >= 11 is 5.09. The first-order chi connectivity index (χ1) is 8.24. The highest BCUT2D eigenvalue weighted by atomic mass is 79.9. The minimum atomic E-state index is 0.387. The molecule has 0 atom stereocenters.